The molecule has 0 unspecified atom stereocenters. The second-order valence-electron chi connectivity index (χ2n) is 8.10. The number of carbonyl (C=O) groups excluding carboxylic acids is 2. The quantitative estimate of drug-likeness (QED) is 0.385. The van der Waals surface area contributed by atoms with Crippen molar-refractivity contribution < 1.29 is 32.3 Å². The van der Waals surface area contributed by atoms with Gasteiger partial charge in [0.05, 0.1) is 17.9 Å². The standard InChI is InChI=1S/C23H28N4O7S/c1-7-33-23(30)20-18(25-16-10-8-9-15(19(16)28)22(29)27(5)6)21(26-35(20,31)32)24-13(3)17-11-12(2)14(4)34-17/h8-11,13,25,28H,7H2,1-6H3,(H,24,26)/t13-/m1/s1. The highest BCUT2D eigenvalue weighted by molar-refractivity contribution is 7.95. The van der Waals surface area contributed by atoms with Crippen LogP contribution >= 0.6 is 0 Å². The van der Waals surface area contributed by atoms with Crippen LogP contribution in [0.25, 0.3) is 0 Å². The van der Waals surface area contributed by atoms with Crippen molar-refractivity contribution >= 4 is 33.4 Å². The van der Waals surface area contributed by atoms with Crippen molar-refractivity contribution in [3.63, 3.8) is 0 Å². The third kappa shape index (κ3) is 5.16. The van der Waals surface area contributed by atoms with Crippen LogP contribution in [0.5, 0.6) is 5.75 Å². The van der Waals surface area contributed by atoms with Gasteiger partial charge in [-0.3, -0.25) is 14.5 Å². The normalized spacial score (nSPS) is 16.7. The molecule has 0 saturated heterocycles. The number of esters is 1. The highest BCUT2D eigenvalue weighted by atomic mass is 32.2. The van der Waals surface area contributed by atoms with Gasteiger partial charge in [0.1, 0.15) is 23.3 Å². The summed E-state index contributed by atoms with van der Waals surface area (Å²) in [5.74, 6) is -0.949. The van der Waals surface area contributed by atoms with E-state index in [0.29, 0.717) is 11.5 Å². The molecule has 35 heavy (non-hydrogen) atoms. The number of para-hydroxylation sites is 1. The van der Waals surface area contributed by atoms with Crippen LogP contribution in [-0.2, 0) is 19.6 Å². The van der Waals surface area contributed by atoms with E-state index in [-0.39, 0.29) is 29.4 Å². The lowest BCUT2D eigenvalue weighted by atomic mass is 10.1. The Kier molecular flexibility index (Phi) is 7.25. The fourth-order valence-electron chi connectivity index (χ4n) is 3.34. The zero-order valence-corrected chi connectivity index (χ0v) is 21.1. The van der Waals surface area contributed by atoms with Crippen LogP contribution in [0.1, 0.15) is 47.3 Å². The largest absolute Gasteiger partial charge is 0.505 e. The second-order valence-corrected chi connectivity index (χ2v) is 9.72. The molecule has 1 atom stereocenters. The average Bonchev–Trinajstić information content (AvgIpc) is 3.23. The lowest BCUT2D eigenvalue weighted by molar-refractivity contribution is -0.137. The van der Waals surface area contributed by atoms with E-state index in [1.807, 2.05) is 6.92 Å². The van der Waals surface area contributed by atoms with Crippen LogP contribution in [0.2, 0.25) is 0 Å². The third-order valence-corrected chi connectivity index (χ3v) is 6.65. The number of aliphatic imine (C=N–C) groups is 1. The number of furan rings is 1. The minimum Gasteiger partial charge on any atom is -0.505 e. The summed E-state index contributed by atoms with van der Waals surface area (Å²) in [6.45, 7) is 6.86. The van der Waals surface area contributed by atoms with Gasteiger partial charge in [-0.1, -0.05) is 6.07 Å². The highest BCUT2D eigenvalue weighted by Gasteiger charge is 2.41. The summed E-state index contributed by atoms with van der Waals surface area (Å²) in [6, 6.07) is 5.54. The molecule has 1 aliphatic rings. The van der Waals surface area contributed by atoms with Gasteiger partial charge in [-0.15, -0.1) is 0 Å². The Morgan fingerprint density at radius 1 is 1.29 bits per heavy atom. The first kappa shape index (κ1) is 25.8. The van der Waals surface area contributed by atoms with Gasteiger partial charge in [0.25, 0.3) is 15.9 Å². The number of phenols is 1. The van der Waals surface area contributed by atoms with Crippen molar-refractivity contribution in [1.82, 2.24) is 9.62 Å². The molecule has 3 rings (SSSR count). The first-order valence-electron chi connectivity index (χ1n) is 10.8. The number of nitrogens with one attached hydrogen (secondary N) is 2. The number of aryl methyl sites for hydroxylation is 2. The minimum atomic E-state index is -4.34. The molecule has 3 N–H and O–H groups in total. The Bertz CT molecular complexity index is 1320. The van der Waals surface area contributed by atoms with Gasteiger partial charge in [0, 0.05) is 14.1 Å². The first-order valence-corrected chi connectivity index (χ1v) is 12.3. The zero-order valence-electron chi connectivity index (χ0n) is 20.3. The van der Waals surface area contributed by atoms with Crippen LogP contribution in [0, 0.1) is 13.8 Å². The van der Waals surface area contributed by atoms with Crippen molar-refractivity contribution in [2.24, 2.45) is 4.99 Å². The predicted molar refractivity (Wildman–Crippen MR) is 129 cm³/mol. The van der Waals surface area contributed by atoms with Crippen molar-refractivity contribution in [2.45, 2.75) is 33.7 Å². The summed E-state index contributed by atoms with van der Waals surface area (Å²) in [5, 5.41) is 13.5. The molecular formula is C23H28N4O7S. The molecule has 12 heteroatoms. The number of rotatable bonds is 7. The van der Waals surface area contributed by atoms with Crippen LogP contribution < -0.4 is 10.0 Å². The summed E-state index contributed by atoms with van der Waals surface area (Å²) in [4.78, 5) is 30.1. The smallest absolute Gasteiger partial charge is 0.354 e. The Balaban J connectivity index is 2.14. The van der Waals surface area contributed by atoms with Crippen molar-refractivity contribution in [3.05, 3.63) is 57.5 Å². The van der Waals surface area contributed by atoms with Gasteiger partial charge in [-0.05, 0) is 51.5 Å². The number of anilines is 1. The number of carbonyl (C=O) groups is 2. The topological polar surface area (TPSA) is 151 Å². The summed E-state index contributed by atoms with van der Waals surface area (Å²) < 4.78 is 38.7. The Morgan fingerprint density at radius 3 is 2.54 bits per heavy atom. The molecule has 0 bridgehead atoms. The van der Waals surface area contributed by atoms with Gasteiger partial charge >= 0.3 is 5.97 Å². The maximum absolute atomic E-state index is 12.9. The minimum absolute atomic E-state index is 0.00145. The number of phenolic OH excluding ortho intramolecular Hbond substituents is 1. The lowest BCUT2D eigenvalue weighted by Gasteiger charge is -2.16. The van der Waals surface area contributed by atoms with Crippen LogP contribution in [0.3, 0.4) is 0 Å². The first-order chi connectivity index (χ1) is 16.4. The van der Waals surface area contributed by atoms with Gasteiger partial charge in [0.15, 0.2) is 16.5 Å². The van der Waals surface area contributed by atoms with Gasteiger partial charge in [-0.25, -0.2) is 13.2 Å². The van der Waals surface area contributed by atoms with E-state index in [4.69, 9.17) is 9.15 Å². The molecule has 0 aliphatic carbocycles. The van der Waals surface area contributed by atoms with Crippen molar-refractivity contribution in [1.29, 1.82) is 0 Å². The number of aromatic hydroxyl groups is 1. The van der Waals surface area contributed by atoms with Crippen LogP contribution in [0.4, 0.5) is 5.69 Å². The number of benzene rings is 1. The number of ether oxygens (including phenoxy) is 1. The van der Waals surface area contributed by atoms with E-state index in [9.17, 15) is 23.1 Å². The van der Waals surface area contributed by atoms with Crippen LogP contribution in [0.15, 0.2) is 44.3 Å². The number of nitrogens with zero attached hydrogens (tertiary/aromatic N) is 2. The number of hydrogen-bond donors (Lipinski definition) is 3. The van der Waals surface area contributed by atoms with E-state index >= 15 is 0 Å². The number of sulfonamides is 1. The molecule has 11 nitrogen and oxygen atoms in total. The molecule has 1 aromatic heterocycles. The average molecular weight is 505 g/mol. The third-order valence-electron chi connectivity index (χ3n) is 5.28. The van der Waals surface area contributed by atoms with Gasteiger partial charge in [0.2, 0.25) is 0 Å². The summed E-state index contributed by atoms with van der Waals surface area (Å²) in [5.41, 5.74) is 0.673. The fraction of sp³-hybridized carbons (Fsp3) is 0.348. The Labute approximate surface area is 203 Å². The molecule has 1 aromatic carbocycles. The molecule has 0 spiro atoms. The van der Waals surface area contributed by atoms with E-state index in [1.54, 1.807) is 26.8 Å². The second kappa shape index (κ2) is 9.82. The molecule has 1 aliphatic heterocycles. The zero-order chi connectivity index (χ0) is 26.1. The van der Waals surface area contributed by atoms with Gasteiger partial charge in [-0.2, -0.15) is 0 Å². The van der Waals surface area contributed by atoms with Crippen molar-refractivity contribution in [3.8, 4) is 5.75 Å². The molecule has 0 fully saturated rings. The van der Waals surface area contributed by atoms with E-state index in [1.165, 1.54) is 37.2 Å². The molecule has 0 radical (unpaired) electrons. The fourth-order valence-corrected chi connectivity index (χ4v) is 4.55. The molecule has 1 amide bonds. The monoisotopic (exact) mass is 504 g/mol. The maximum atomic E-state index is 12.9. The van der Waals surface area contributed by atoms with Crippen LogP contribution in [-0.4, -0.2) is 56.8 Å². The summed E-state index contributed by atoms with van der Waals surface area (Å²) in [6.07, 6.45) is 0. The Morgan fingerprint density at radius 2 is 1.97 bits per heavy atom. The lowest BCUT2D eigenvalue weighted by Crippen LogP contribution is -2.27. The van der Waals surface area contributed by atoms with Crippen molar-refractivity contribution in [2.75, 3.05) is 26.0 Å². The summed E-state index contributed by atoms with van der Waals surface area (Å²) >= 11 is 0. The van der Waals surface area contributed by atoms with Gasteiger partial charge < -0.3 is 24.5 Å². The van der Waals surface area contributed by atoms with E-state index in [0.717, 1.165) is 5.56 Å². The number of amidine groups is 1. The molecule has 2 heterocycles. The SMILES string of the molecule is CCOC(=O)C1=C(Nc2cccc(C(=O)N(C)C)c2O)C(=N[C@H](C)c2cc(C)c(C)o2)NS1(=O)=O. The van der Waals surface area contributed by atoms with E-state index < -0.39 is 38.6 Å². The maximum Gasteiger partial charge on any atom is 0.354 e. The summed E-state index contributed by atoms with van der Waals surface area (Å²) in [7, 11) is -1.28. The molecule has 2 aromatic rings. The number of amides is 1. The molecular weight excluding hydrogens is 476 g/mol. The predicted octanol–water partition coefficient (Wildman–Crippen LogP) is 2.58. The highest BCUT2D eigenvalue weighted by Crippen LogP contribution is 2.33. The number of hydrogen-bond acceptors (Lipinski definition) is 9. The molecule has 188 valence electrons. The molecule has 0 saturated carbocycles. The Hall–Kier alpha value is -3.80. The van der Waals surface area contributed by atoms with E-state index in [2.05, 4.69) is 15.0 Å².